The lowest BCUT2D eigenvalue weighted by Gasteiger charge is -2.24. The summed E-state index contributed by atoms with van der Waals surface area (Å²) in [5.41, 5.74) is 0. The van der Waals surface area contributed by atoms with Gasteiger partial charge in [0.15, 0.2) is 0 Å². The van der Waals surface area contributed by atoms with E-state index < -0.39 is 10.0 Å². The van der Waals surface area contributed by atoms with Gasteiger partial charge in [0.25, 0.3) is 0 Å². The molecule has 1 rings (SSSR count). The van der Waals surface area contributed by atoms with Gasteiger partial charge in [0.05, 0.1) is 6.26 Å². The predicted octanol–water partition coefficient (Wildman–Crippen LogP) is 0.0199. The van der Waals surface area contributed by atoms with Crippen molar-refractivity contribution in [2.75, 3.05) is 26.4 Å². The molecule has 1 aliphatic rings. The molecule has 78 valence electrons. The molecule has 0 amide bonds. The molecule has 0 saturated carbocycles. The zero-order chi connectivity index (χ0) is 9.90. The van der Waals surface area contributed by atoms with Crippen molar-refractivity contribution in [3.05, 3.63) is 0 Å². The molecule has 0 aromatic heterocycles. The van der Waals surface area contributed by atoms with E-state index >= 15 is 0 Å². The van der Waals surface area contributed by atoms with E-state index in [9.17, 15) is 8.42 Å². The highest BCUT2D eigenvalue weighted by Crippen LogP contribution is 2.13. The zero-order valence-electron chi connectivity index (χ0n) is 8.28. The molecule has 1 fully saturated rings. The summed E-state index contributed by atoms with van der Waals surface area (Å²) in [4.78, 5) is 0. The molecule has 0 unspecified atom stereocenters. The maximum atomic E-state index is 11.2. The number of rotatable bonds is 2. The number of nitrogens with one attached hydrogen (secondary N) is 1. The third-order valence-electron chi connectivity index (χ3n) is 2.58. The Balaban J connectivity index is 2.59. The van der Waals surface area contributed by atoms with Gasteiger partial charge in [-0.15, -0.1) is 0 Å². The average Bonchev–Trinajstić information content (AvgIpc) is 2.28. The summed E-state index contributed by atoms with van der Waals surface area (Å²) in [5, 5.41) is 3.26. The van der Waals surface area contributed by atoms with E-state index in [0.717, 1.165) is 32.4 Å². The molecule has 1 saturated heterocycles. The van der Waals surface area contributed by atoms with Crippen molar-refractivity contribution in [1.29, 1.82) is 0 Å². The maximum absolute atomic E-state index is 11.2. The van der Waals surface area contributed by atoms with Gasteiger partial charge in [-0.2, -0.15) is 0 Å². The molecule has 0 aromatic rings. The van der Waals surface area contributed by atoms with Crippen LogP contribution in [0.4, 0.5) is 0 Å². The van der Waals surface area contributed by atoms with Gasteiger partial charge in [-0.25, -0.2) is 12.7 Å². The second-order valence-electron chi connectivity index (χ2n) is 3.61. The summed E-state index contributed by atoms with van der Waals surface area (Å²) in [5.74, 6) is 0. The minimum absolute atomic E-state index is 0.185. The van der Waals surface area contributed by atoms with E-state index in [4.69, 9.17) is 0 Å². The summed E-state index contributed by atoms with van der Waals surface area (Å²) in [6, 6.07) is 0.185. The molecule has 0 aliphatic carbocycles. The van der Waals surface area contributed by atoms with Gasteiger partial charge in [-0.3, -0.25) is 0 Å². The molecule has 0 radical (unpaired) electrons. The van der Waals surface area contributed by atoms with Crippen molar-refractivity contribution in [3.8, 4) is 0 Å². The Hall–Kier alpha value is -0.130. The van der Waals surface area contributed by atoms with Crippen LogP contribution in [-0.4, -0.2) is 45.2 Å². The molecule has 0 bridgehead atoms. The van der Waals surface area contributed by atoms with Crippen LogP contribution in [0.3, 0.4) is 0 Å². The molecule has 4 nitrogen and oxygen atoms in total. The predicted molar refractivity (Wildman–Crippen MR) is 53.1 cm³/mol. The van der Waals surface area contributed by atoms with Crippen molar-refractivity contribution in [2.24, 2.45) is 0 Å². The van der Waals surface area contributed by atoms with Gasteiger partial charge in [-0.1, -0.05) is 0 Å². The molecular formula is C8H18N2O2S. The van der Waals surface area contributed by atoms with Crippen LogP contribution < -0.4 is 5.32 Å². The van der Waals surface area contributed by atoms with Crippen molar-refractivity contribution in [2.45, 2.75) is 25.3 Å². The highest BCUT2D eigenvalue weighted by molar-refractivity contribution is 7.88. The van der Waals surface area contributed by atoms with Gasteiger partial charge in [-0.05, 0) is 32.4 Å². The van der Waals surface area contributed by atoms with Gasteiger partial charge in [0.2, 0.25) is 10.0 Å². The van der Waals surface area contributed by atoms with Crippen LogP contribution in [0.5, 0.6) is 0 Å². The monoisotopic (exact) mass is 206 g/mol. The third kappa shape index (κ3) is 3.25. The molecule has 1 atom stereocenters. The number of hydrogen-bond donors (Lipinski definition) is 1. The fourth-order valence-corrected chi connectivity index (χ4v) is 2.39. The summed E-state index contributed by atoms with van der Waals surface area (Å²) in [7, 11) is -1.34. The smallest absolute Gasteiger partial charge is 0.211 e. The molecule has 13 heavy (non-hydrogen) atoms. The topological polar surface area (TPSA) is 49.4 Å². The quantitative estimate of drug-likeness (QED) is 0.693. The Bertz CT molecular complexity index is 243. The van der Waals surface area contributed by atoms with Crippen LogP contribution in [0.1, 0.15) is 19.3 Å². The Labute approximate surface area is 80.4 Å². The van der Waals surface area contributed by atoms with E-state index in [1.807, 2.05) is 0 Å². The first-order chi connectivity index (χ1) is 6.02. The molecule has 1 heterocycles. The molecule has 0 spiro atoms. The summed E-state index contributed by atoms with van der Waals surface area (Å²) < 4.78 is 24.0. The normalized spacial score (nSPS) is 25.9. The molecule has 5 heteroatoms. The van der Waals surface area contributed by atoms with Gasteiger partial charge in [0, 0.05) is 13.1 Å². The number of nitrogens with zero attached hydrogens (tertiary/aromatic N) is 1. The Kier molecular flexibility index (Phi) is 3.70. The van der Waals surface area contributed by atoms with Crippen LogP contribution in [-0.2, 0) is 10.0 Å². The fourth-order valence-electron chi connectivity index (χ4n) is 1.64. The molecule has 0 aromatic carbocycles. The van der Waals surface area contributed by atoms with Crippen LogP contribution in [0.25, 0.3) is 0 Å². The molecule has 1 N–H and O–H groups in total. The van der Waals surface area contributed by atoms with Gasteiger partial charge in [0.1, 0.15) is 0 Å². The van der Waals surface area contributed by atoms with Crippen molar-refractivity contribution >= 4 is 10.0 Å². The zero-order valence-corrected chi connectivity index (χ0v) is 9.10. The largest absolute Gasteiger partial charge is 0.317 e. The Morgan fingerprint density at radius 3 is 2.62 bits per heavy atom. The first kappa shape index (κ1) is 10.9. The third-order valence-corrected chi connectivity index (χ3v) is 3.93. The lowest BCUT2D eigenvalue weighted by Crippen LogP contribution is -2.36. The van der Waals surface area contributed by atoms with Gasteiger partial charge < -0.3 is 5.32 Å². The van der Waals surface area contributed by atoms with E-state index in [-0.39, 0.29) is 6.04 Å². The van der Waals surface area contributed by atoms with Crippen molar-refractivity contribution in [3.63, 3.8) is 0 Å². The number of hydrogen-bond acceptors (Lipinski definition) is 3. The van der Waals surface area contributed by atoms with Crippen LogP contribution >= 0.6 is 0 Å². The van der Waals surface area contributed by atoms with E-state index in [0.29, 0.717) is 0 Å². The summed E-state index contributed by atoms with van der Waals surface area (Å²) >= 11 is 0. The SMILES string of the molecule is CN([C@H]1CCCNCC1)S(C)(=O)=O. The minimum Gasteiger partial charge on any atom is -0.317 e. The highest BCUT2D eigenvalue weighted by Gasteiger charge is 2.22. The van der Waals surface area contributed by atoms with E-state index in [2.05, 4.69) is 5.32 Å². The Morgan fingerprint density at radius 2 is 2.00 bits per heavy atom. The highest BCUT2D eigenvalue weighted by atomic mass is 32.2. The van der Waals surface area contributed by atoms with Crippen molar-refractivity contribution < 1.29 is 8.42 Å². The molecule has 1 aliphatic heterocycles. The van der Waals surface area contributed by atoms with Crippen molar-refractivity contribution in [1.82, 2.24) is 9.62 Å². The van der Waals surface area contributed by atoms with Crippen LogP contribution in [0.15, 0.2) is 0 Å². The Morgan fingerprint density at radius 1 is 1.31 bits per heavy atom. The lowest BCUT2D eigenvalue weighted by atomic mass is 10.1. The second-order valence-corrected chi connectivity index (χ2v) is 5.66. The maximum Gasteiger partial charge on any atom is 0.211 e. The second kappa shape index (κ2) is 4.39. The summed E-state index contributed by atoms with van der Waals surface area (Å²) in [6.07, 6.45) is 4.22. The van der Waals surface area contributed by atoms with Crippen LogP contribution in [0.2, 0.25) is 0 Å². The van der Waals surface area contributed by atoms with Crippen LogP contribution in [0, 0.1) is 0 Å². The average molecular weight is 206 g/mol. The first-order valence-corrected chi connectivity index (χ1v) is 6.50. The fraction of sp³-hybridized carbons (Fsp3) is 1.00. The number of sulfonamides is 1. The lowest BCUT2D eigenvalue weighted by molar-refractivity contribution is 0.343. The standard InChI is InChI=1S/C8H18N2O2S/c1-10(13(2,11)12)8-4-3-6-9-7-5-8/h8-9H,3-7H2,1-2H3/t8-/m0/s1. The molecular weight excluding hydrogens is 188 g/mol. The van der Waals surface area contributed by atoms with Gasteiger partial charge >= 0.3 is 0 Å². The summed E-state index contributed by atoms with van der Waals surface area (Å²) in [6.45, 7) is 1.93. The van der Waals surface area contributed by atoms with E-state index in [1.165, 1.54) is 10.6 Å². The minimum atomic E-state index is -3.01. The first-order valence-electron chi connectivity index (χ1n) is 4.65. The van der Waals surface area contributed by atoms with E-state index in [1.54, 1.807) is 7.05 Å².